The van der Waals surface area contributed by atoms with E-state index in [9.17, 15) is 0 Å². The molecule has 7 heteroatoms. The van der Waals surface area contributed by atoms with E-state index in [4.69, 9.17) is 4.98 Å². The van der Waals surface area contributed by atoms with Crippen molar-refractivity contribution >= 4 is 34.0 Å². The fourth-order valence-corrected chi connectivity index (χ4v) is 3.94. The number of hydrogen-bond donors (Lipinski definition) is 2. The first kappa shape index (κ1) is 18.6. The van der Waals surface area contributed by atoms with Crippen molar-refractivity contribution in [2.75, 3.05) is 23.8 Å². The van der Waals surface area contributed by atoms with Crippen LogP contribution in [-0.2, 0) is 20.0 Å². The second kappa shape index (κ2) is 7.42. The summed E-state index contributed by atoms with van der Waals surface area (Å²) in [4.78, 5) is 11.2. The van der Waals surface area contributed by atoms with E-state index in [-0.39, 0.29) is 0 Å². The molecule has 0 saturated carbocycles. The summed E-state index contributed by atoms with van der Waals surface area (Å²) in [5.41, 5.74) is 6.92. The van der Waals surface area contributed by atoms with Crippen LogP contribution in [0, 0.1) is 6.92 Å². The molecular formula is C23H25N7. The summed E-state index contributed by atoms with van der Waals surface area (Å²) >= 11 is 0. The summed E-state index contributed by atoms with van der Waals surface area (Å²) in [6.07, 6.45) is 2.86. The van der Waals surface area contributed by atoms with Crippen LogP contribution in [0.1, 0.15) is 16.8 Å². The highest BCUT2D eigenvalue weighted by Gasteiger charge is 2.12. The number of nitrogens with zero attached hydrogens (tertiary/aromatic N) is 5. The first-order chi connectivity index (χ1) is 14.6. The van der Waals surface area contributed by atoms with Crippen molar-refractivity contribution in [2.24, 2.45) is 7.05 Å². The van der Waals surface area contributed by atoms with Gasteiger partial charge in [0.05, 0.1) is 5.52 Å². The molecule has 0 unspecified atom stereocenters. The van der Waals surface area contributed by atoms with Crippen molar-refractivity contribution in [3.8, 4) is 0 Å². The summed E-state index contributed by atoms with van der Waals surface area (Å²) in [5.74, 6) is 1.40. The molecule has 0 atom stereocenters. The van der Waals surface area contributed by atoms with Crippen LogP contribution in [0.4, 0.5) is 23.1 Å². The van der Waals surface area contributed by atoms with Crippen molar-refractivity contribution in [1.29, 1.82) is 0 Å². The Morgan fingerprint density at radius 3 is 2.90 bits per heavy atom. The Morgan fingerprint density at radius 2 is 2.00 bits per heavy atom. The van der Waals surface area contributed by atoms with Crippen LogP contribution >= 0.6 is 0 Å². The zero-order valence-electron chi connectivity index (χ0n) is 17.5. The molecule has 0 amide bonds. The minimum Gasteiger partial charge on any atom is -0.329 e. The number of hydrogen-bond acceptors (Lipinski definition) is 6. The maximum Gasteiger partial charge on any atom is 0.229 e. The first-order valence-corrected chi connectivity index (χ1v) is 10.2. The van der Waals surface area contributed by atoms with E-state index in [2.05, 4.69) is 64.0 Å². The Balaban J connectivity index is 1.40. The largest absolute Gasteiger partial charge is 0.329 e. The second-order valence-electron chi connectivity index (χ2n) is 7.74. The van der Waals surface area contributed by atoms with Gasteiger partial charge in [0.1, 0.15) is 5.82 Å². The lowest BCUT2D eigenvalue weighted by molar-refractivity contribution is 0.644. The third-order valence-electron chi connectivity index (χ3n) is 5.84. The summed E-state index contributed by atoms with van der Waals surface area (Å²) in [6, 6.07) is 14.7. The average molecular weight is 400 g/mol. The van der Waals surface area contributed by atoms with Crippen molar-refractivity contribution in [3.05, 3.63) is 65.5 Å². The molecule has 0 aliphatic carbocycles. The van der Waals surface area contributed by atoms with Gasteiger partial charge in [0, 0.05) is 49.3 Å². The van der Waals surface area contributed by atoms with Gasteiger partial charge in [0.2, 0.25) is 5.95 Å². The normalized spacial score (nSPS) is 13.3. The molecular weight excluding hydrogens is 374 g/mol. The van der Waals surface area contributed by atoms with E-state index in [1.807, 2.05) is 29.7 Å². The molecule has 4 aromatic rings. The molecule has 2 N–H and O–H groups in total. The van der Waals surface area contributed by atoms with Crippen LogP contribution in [0.25, 0.3) is 10.9 Å². The highest BCUT2D eigenvalue weighted by molar-refractivity contribution is 5.85. The Hall–Kier alpha value is -3.45. The van der Waals surface area contributed by atoms with Gasteiger partial charge in [0.15, 0.2) is 0 Å². The summed E-state index contributed by atoms with van der Waals surface area (Å²) in [6.45, 7) is 4.03. The topological polar surface area (TPSA) is 70.9 Å². The van der Waals surface area contributed by atoms with E-state index in [1.165, 1.54) is 16.5 Å². The van der Waals surface area contributed by atoms with Gasteiger partial charge in [-0.3, -0.25) is 4.68 Å². The molecule has 0 spiro atoms. The molecule has 2 aromatic heterocycles. The first-order valence-electron chi connectivity index (χ1n) is 10.2. The molecule has 7 nitrogen and oxygen atoms in total. The predicted molar refractivity (Wildman–Crippen MR) is 121 cm³/mol. The van der Waals surface area contributed by atoms with Gasteiger partial charge in [-0.2, -0.15) is 10.1 Å². The molecule has 1 aliphatic rings. The van der Waals surface area contributed by atoms with Crippen LogP contribution in [0.15, 0.2) is 48.7 Å². The van der Waals surface area contributed by atoms with Crippen molar-refractivity contribution in [1.82, 2.24) is 25.1 Å². The second-order valence-corrected chi connectivity index (χ2v) is 7.74. The fraction of sp³-hybridized carbons (Fsp3) is 0.261. The highest BCUT2D eigenvalue weighted by atomic mass is 15.3. The Bertz CT molecular complexity index is 1230. The van der Waals surface area contributed by atoms with Crippen LogP contribution in [-0.4, -0.2) is 33.3 Å². The number of anilines is 4. The van der Waals surface area contributed by atoms with Crippen LogP contribution in [0.3, 0.4) is 0 Å². The molecule has 1 aliphatic heterocycles. The molecule has 30 heavy (non-hydrogen) atoms. The third kappa shape index (κ3) is 3.37. The summed E-state index contributed by atoms with van der Waals surface area (Å²) < 4.78 is 1.91. The van der Waals surface area contributed by atoms with Crippen molar-refractivity contribution in [3.63, 3.8) is 0 Å². The molecule has 2 aromatic carbocycles. The van der Waals surface area contributed by atoms with E-state index < -0.39 is 0 Å². The van der Waals surface area contributed by atoms with Crippen LogP contribution < -0.4 is 15.5 Å². The predicted octanol–water partition coefficient (Wildman–Crippen LogP) is 3.83. The molecule has 152 valence electrons. The van der Waals surface area contributed by atoms with Gasteiger partial charge in [-0.05, 0) is 67.4 Å². The van der Waals surface area contributed by atoms with Gasteiger partial charge >= 0.3 is 0 Å². The van der Waals surface area contributed by atoms with E-state index in [0.29, 0.717) is 5.95 Å². The van der Waals surface area contributed by atoms with Crippen molar-refractivity contribution < 1.29 is 0 Å². The van der Waals surface area contributed by atoms with Gasteiger partial charge in [-0.25, -0.2) is 4.98 Å². The molecule has 0 saturated heterocycles. The monoisotopic (exact) mass is 399 g/mol. The van der Waals surface area contributed by atoms with Gasteiger partial charge < -0.3 is 15.5 Å². The van der Waals surface area contributed by atoms with E-state index in [1.54, 1.807) is 6.20 Å². The van der Waals surface area contributed by atoms with E-state index >= 15 is 0 Å². The third-order valence-corrected chi connectivity index (χ3v) is 5.84. The SMILES string of the molecule is Cc1c2ccc(N(C)c3ccnc(Nc4ccc5c(c4)CNCC5)n3)cc2nn1C. The highest BCUT2D eigenvalue weighted by Crippen LogP contribution is 2.28. The number of aromatic nitrogens is 4. The molecule has 3 heterocycles. The van der Waals surface area contributed by atoms with Crippen LogP contribution in [0.5, 0.6) is 0 Å². The fourth-order valence-electron chi connectivity index (χ4n) is 3.94. The molecule has 0 bridgehead atoms. The molecule has 0 fully saturated rings. The number of aryl methyl sites for hydroxylation is 2. The number of benzene rings is 2. The van der Waals surface area contributed by atoms with Crippen LogP contribution in [0.2, 0.25) is 0 Å². The lowest BCUT2D eigenvalue weighted by Gasteiger charge is -2.20. The quantitative estimate of drug-likeness (QED) is 0.544. The van der Waals surface area contributed by atoms with Gasteiger partial charge in [0.25, 0.3) is 0 Å². The lowest BCUT2D eigenvalue weighted by Crippen LogP contribution is -2.23. The van der Waals surface area contributed by atoms with E-state index in [0.717, 1.165) is 47.9 Å². The molecule has 5 rings (SSSR count). The number of fused-ring (bicyclic) bond motifs is 2. The minimum atomic E-state index is 0.581. The minimum absolute atomic E-state index is 0.581. The van der Waals surface area contributed by atoms with Crippen molar-refractivity contribution in [2.45, 2.75) is 19.9 Å². The zero-order chi connectivity index (χ0) is 20.7. The average Bonchev–Trinajstić information content (AvgIpc) is 3.06. The smallest absolute Gasteiger partial charge is 0.229 e. The Kier molecular flexibility index (Phi) is 4.59. The Morgan fingerprint density at radius 1 is 1.10 bits per heavy atom. The molecule has 0 radical (unpaired) electrons. The standard InChI is InChI=1S/C23H25N7/c1-15-20-7-6-19(13-21(20)28-30(15)3)29(2)22-9-11-25-23(27-22)26-18-5-4-16-8-10-24-14-17(16)12-18/h4-7,9,11-13,24H,8,10,14H2,1-3H3,(H,25,26,27). The lowest BCUT2D eigenvalue weighted by atomic mass is 10.0. The number of rotatable bonds is 4. The summed E-state index contributed by atoms with van der Waals surface area (Å²) in [7, 11) is 3.98. The maximum atomic E-state index is 4.72. The Labute approximate surface area is 175 Å². The number of nitrogens with one attached hydrogen (secondary N) is 2. The zero-order valence-corrected chi connectivity index (χ0v) is 17.5. The summed E-state index contributed by atoms with van der Waals surface area (Å²) in [5, 5.41) is 12.5. The van der Waals surface area contributed by atoms with Gasteiger partial charge in [-0.15, -0.1) is 0 Å². The maximum absolute atomic E-state index is 4.72. The van der Waals surface area contributed by atoms with Gasteiger partial charge in [-0.1, -0.05) is 6.07 Å².